The number of carbonyl (C=O) groups is 1. The van der Waals surface area contributed by atoms with Gasteiger partial charge in [0.2, 0.25) is 12.7 Å². The van der Waals surface area contributed by atoms with E-state index in [4.69, 9.17) is 9.47 Å². The molecule has 0 aromatic heterocycles. The van der Waals surface area contributed by atoms with E-state index in [-0.39, 0.29) is 18.1 Å². The number of thioether (sulfide) groups is 1. The minimum atomic E-state index is -0.0439. The zero-order valence-electron chi connectivity index (χ0n) is 12.4. The molecule has 1 amide bonds. The quantitative estimate of drug-likeness (QED) is 0.766. The van der Waals surface area contributed by atoms with Gasteiger partial charge >= 0.3 is 0 Å². The van der Waals surface area contributed by atoms with Crippen molar-refractivity contribution in [3.05, 3.63) is 52.0 Å². The van der Waals surface area contributed by atoms with Crippen LogP contribution in [0.15, 0.2) is 40.9 Å². The Bertz CT molecular complexity index is 795. The molecule has 0 bridgehead atoms. The molecule has 118 valence electrons. The molecule has 0 unspecified atom stereocenters. The summed E-state index contributed by atoms with van der Waals surface area (Å²) in [4.78, 5) is 14.3. The van der Waals surface area contributed by atoms with Gasteiger partial charge in [-0.3, -0.25) is 9.69 Å². The number of amides is 1. The first kappa shape index (κ1) is 14.9. The largest absolute Gasteiger partial charge is 0.454 e. The zero-order chi connectivity index (χ0) is 16.0. The summed E-state index contributed by atoms with van der Waals surface area (Å²) in [6.45, 7) is 2.28. The smallest absolute Gasteiger partial charge is 0.238 e. The number of ether oxygens (including phenoxy) is 2. The van der Waals surface area contributed by atoms with Crippen molar-refractivity contribution < 1.29 is 14.3 Å². The van der Waals surface area contributed by atoms with Crippen molar-refractivity contribution in [2.75, 3.05) is 17.4 Å². The van der Waals surface area contributed by atoms with Crippen LogP contribution in [0.3, 0.4) is 0 Å². The number of nitrogens with zero attached hydrogens (tertiary/aromatic N) is 1. The number of hydrogen-bond acceptors (Lipinski definition) is 4. The predicted octanol–water partition coefficient (Wildman–Crippen LogP) is 4.26. The molecule has 0 spiro atoms. The third-order valence-electron chi connectivity index (χ3n) is 3.97. The van der Waals surface area contributed by atoms with Crippen molar-refractivity contribution in [3.63, 3.8) is 0 Å². The number of anilines is 1. The van der Waals surface area contributed by atoms with Gasteiger partial charge < -0.3 is 9.47 Å². The van der Waals surface area contributed by atoms with Crippen LogP contribution in [0.4, 0.5) is 5.69 Å². The number of benzene rings is 2. The highest BCUT2D eigenvalue weighted by molar-refractivity contribution is 9.10. The Morgan fingerprint density at radius 3 is 2.83 bits per heavy atom. The third-order valence-corrected chi connectivity index (χ3v) is 6.07. The molecule has 2 aliphatic heterocycles. The van der Waals surface area contributed by atoms with E-state index in [0.29, 0.717) is 5.75 Å². The fourth-order valence-electron chi connectivity index (χ4n) is 2.80. The molecule has 2 heterocycles. The van der Waals surface area contributed by atoms with Gasteiger partial charge in [-0.15, -0.1) is 11.8 Å². The van der Waals surface area contributed by atoms with Gasteiger partial charge in [0.15, 0.2) is 11.5 Å². The van der Waals surface area contributed by atoms with Crippen LogP contribution in [0.1, 0.15) is 16.5 Å². The molecule has 23 heavy (non-hydrogen) atoms. The van der Waals surface area contributed by atoms with E-state index in [9.17, 15) is 4.79 Å². The monoisotopic (exact) mass is 391 g/mol. The summed E-state index contributed by atoms with van der Waals surface area (Å²) in [5.74, 6) is 2.11. The molecule has 0 aliphatic carbocycles. The lowest BCUT2D eigenvalue weighted by Gasteiger charge is -2.25. The highest BCUT2D eigenvalue weighted by atomic mass is 79.9. The van der Waals surface area contributed by atoms with Crippen LogP contribution in [0, 0.1) is 6.92 Å². The van der Waals surface area contributed by atoms with E-state index < -0.39 is 0 Å². The fraction of sp³-hybridized carbons (Fsp3) is 0.235. The second-order valence-electron chi connectivity index (χ2n) is 5.47. The summed E-state index contributed by atoms with van der Waals surface area (Å²) in [7, 11) is 0. The van der Waals surface area contributed by atoms with Crippen molar-refractivity contribution in [3.8, 4) is 11.5 Å². The highest BCUT2D eigenvalue weighted by Crippen LogP contribution is 2.45. The molecule has 4 nitrogen and oxygen atoms in total. The normalized spacial score (nSPS) is 19.5. The molecule has 2 aliphatic rings. The van der Waals surface area contributed by atoms with Gasteiger partial charge in [0.1, 0.15) is 5.37 Å². The molecule has 2 aromatic rings. The van der Waals surface area contributed by atoms with Gasteiger partial charge in [-0.2, -0.15) is 0 Å². The standard InChI is InChI=1S/C17H14BrNO3S/c1-10-6-12(3-4-13(10)18)19-16(20)8-23-17(19)11-2-5-14-15(7-11)22-9-21-14/h2-7,17H,8-9H2,1H3/t17-/m0/s1. The summed E-state index contributed by atoms with van der Waals surface area (Å²) in [5, 5.41) is -0.0439. The van der Waals surface area contributed by atoms with E-state index in [1.165, 1.54) is 0 Å². The van der Waals surface area contributed by atoms with Crippen molar-refractivity contribution in [2.45, 2.75) is 12.3 Å². The van der Waals surface area contributed by atoms with Crippen LogP contribution >= 0.6 is 27.7 Å². The highest BCUT2D eigenvalue weighted by Gasteiger charge is 2.35. The molecule has 0 saturated carbocycles. The lowest BCUT2D eigenvalue weighted by Crippen LogP contribution is -2.27. The minimum Gasteiger partial charge on any atom is -0.454 e. The molecule has 1 saturated heterocycles. The number of hydrogen-bond donors (Lipinski definition) is 0. The second-order valence-corrected chi connectivity index (χ2v) is 7.40. The van der Waals surface area contributed by atoms with Crippen LogP contribution in [0.5, 0.6) is 11.5 Å². The van der Waals surface area contributed by atoms with E-state index in [1.54, 1.807) is 11.8 Å². The van der Waals surface area contributed by atoms with Gasteiger partial charge in [-0.25, -0.2) is 0 Å². The van der Waals surface area contributed by atoms with Gasteiger partial charge in [0.05, 0.1) is 5.75 Å². The van der Waals surface area contributed by atoms with E-state index >= 15 is 0 Å². The maximum atomic E-state index is 12.4. The number of halogens is 1. The Morgan fingerprint density at radius 1 is 1.17 bits per heavy atom. The Hall–Kier alpha value is -1.66. The topological polar surface area (TPSA) is 38.8 Å². The first-order chi connectivity index (χ1) is 11.1. The van der Waals surface area contributed by atoms with Crippen molar-refractivity contribution in [2.24, 2.45) is 0 Å². The molecular weight excluding hydrogens is 378 g/mol. The second kappa shape index (κ2) is 5.76. The predicted molar refractivity (Wildman–Crippen MR) is 94.1 cm³/mol. The van der Waals surface area contributed by atoms with Crippen LogP contribution in [-0.2, 0) is 4.79 Å². The molecule has 6 heteroatoms. The molecule has 4 rings (SSSR count). The summed E-state index contributed by atoms with van der Waals surface area (Å²) in [6.07, 6.45) is 0. The van der Waals surface area contributed by atoms with Gasteiger partial charge in [-0.1, -0.05) is 22.0 Å². The SMILES string of the molecule is Cc1cc(N2C(=O)CS[C@H]2c2ccc3c(c2)OCO3)ccc1Br. The van der Waals surface area contributed by atoms with E-state index in [2.05, 4.69) is 15.9 Å². The summed E-state index contributed by atoms with van der Waals surface area (Å²) in [5.41, 5.74) is 3.07. The number of fused-ring (bicyclic) bond motifs is 1. The summed E-state index contributed by atoms with van der Waals surface area (Å²) in [6, 6.07) is 11.9. The molecule has 0 N–H and O–H groups in total. The Kier molecular flexibility index (Phi) is 3.73. The van der Waals surface area contributed by atoms with Gasteiger partial charge in [-0.05, 0) is 48.4 Å². The maximum absolute atomic E-state index is 12.4. The fourth-order valence-corrected chi connectivity index (χ4v) is 4.21. The third kappa shape index (κ3) is 2.60. The molecular formula is C17H14BrNO3S. The minimum absolute atomic E-state index is 0.0439. The van der Waals surface area contributed by atoms with Crippen LogP contribution < -0.4 is 14.4 Å². The van der Waals surface area contributed by atoms with Gasteiger partial charge in [0.25, 0.3) is 0 Å². The van der Waals surface area contributed by atoms with Gasteiger partial charge in [0, 0.05) is 10.2 Å². The maximum Gasteiger partial charge on any atom is 0.238 e. The van der Waals surface area contributed by atoms with Crippen LogP contribution in [0.2, 0.25) is 0 Å². The van der Waals surface area contributed by atoms with Crippen molar-refractivity contribution in [1.82, 2.24) is 0 Å². The molecule has 1 fully saturated rings. The lowest BCUT2D eigenvalue weighted by molar-refractivity contribution is -0.115. The van der Waals surface area contributed by atoms with Crippen molar-refractivity contribution in [1.29, 1.82) is 0 Å². The Morgan fingerprint density at radius 2 is 2.00 bits per heavy atom. The first-order valence-electron chi connectivity index (χ1n) is 7.23. The van der Waals surface area contributed by atoms with Crippen LogP contribution in [-0.4, -0.2) is 18.5 Å². The number of aryl methyl sites for hydroxylation is 1. The first-order valence-corrected chi connectivity index (χ1v) is 9.07. The molecule has 1 atom stereocenters. The van der Waals surface area contributed by atoms with Crippen LogP contribution in [0.25, 0.3) is 0 Å². The molecule has 2 aromatic carbocycles. The Balaban J connectivity index is 1.72. The average Bonchev–Trinajstić information content (AvgIpc) is 3.15. The Labute approximate surface area is 146 Å². The number of rotatable bonds is 2. The van der Waals surface area contributed by atoms with E-state index in [0.717, 1.165) is 32.8 Å². The zero-order valence-corrected chi connectivity index (χ0v) is 14.8. The summed E-state index contributed by atoms with van der Waals surface area (Å²) < 4.78 is 11.9. The molecule has 0 radical (unpaired) electrons. The average molecular weight is 392 g/mol. The lowest BCUT2D eigenvalue weighted by atomic mass is 10.1. The van der Waals surface area contributed by atoms with E-state index in [1.807, 2.05) is 48.2 Å². The van der Waals surface area contributed by atoms with Crippen molar-refractivity contribution >= 4 is 39.3 Å². The summed E-state index contributed by atoms with van der Waals surface area (Å²) >= 11 is 5.14. The number of carbonyl (C=O) groups excluding carboxylic acids is 1.